The molecule has 7 nitrogen and oxygen atoms in total. The number of aryl methyl sites for hydroxylation is 3. The summed E-state index contributed by atoms with van der Waals surface area (Å²) in [6, 6.07) is 12.1. The Hall–Kier alpha value is -3.00. The highest BCUT2D eigenvalue weighted by Crippen LogP contribution is 2.30. The molecule has 0 saturated heterocycles. The van der Waals surface area contributed by atoms with Crippen LogP contribution in [0.15, 0.2) is 52.3 Å². The fraction of sp³-hybridized carbons (Fsp3) is 0.211. The monoisotopic (exact) mass is 378 g/mol. The summed E-state index contributed by atoms with van der Waals surface area (Å²) in [5.74, 6) is 2.40. The average Bonchev–Trinajstić information content (AvgIpc) is 3.27. The van der Waals surface area contributed by atoms with Crippen molar-refractivity contribution >= 4 is 11.8 Å². The van der Waals surface area contributed by atoms with Gasteiger partial charge in [0.05, 0.1) is 11.4 Å². The van der Waals surface area contributed by atoms with Gasteiger partial charge in [-0.2, -0.15) is 4.98 Å². The predicted molar refractivity (Wildman–Crippen MR) is 103 cm³/mol. The minimum Gasteiger partial charge on any atom is -0.338 e. The molecule has 0 atom stereocenters. The van der Waals surface area contributed by atoms with Crippen LogP contribution in [0.3, 0.4) is 0 Å². The van der Waals surface area contributed by atoms with Crippen molar-refractivity contribution in [1.29, 1.82) is 0 Å². The molecule has 0 aliphatic rings. The molecule has 0 spiro atoms. The fourth-order valence-corrected chi connectivity index (χ4v) is 3.61. The molecule has 1 aromatic carbocycles. The third kappa shape index (κ3) is 3.61. The average molecular weight is 378 g/mol. The first-order valence-corrected chi connectivity index (χ1v) is 9.47. The molecular formula is C19H18N6OS. The molecule has 3 heterocycles. The number of rotatable bonds is 5. The maximum atomic E-state index is 5.21. The molecule has 3 aromatic heterocycles. The third-order valence-electron chi connectivity index (χ3n) is 4.01. The molecule has 4 rings (SSSR count). The normalized spacial score (nSPS) is 11.1. The maximum Gasteiger partial charge on any atom is 0.237 e. The Labute approximate surface area is 160 Å². The molecule has 8 heteroatoms. The molecule has 0 saturated carbocycles. The molecule has 0 fully saturated rings. The van der Waals surface area contributed by atoms with Crippen molar-refractivity contribution in [3.05, 3.63) is 65.4 Å². The van der Waals surface area contributed by atoms with E-state index in [4.69, 9.17) is 4.52 Å². The van der Waals surface area contributed by atoms with Gasteiger partial charge in [-0.3, -0.25) is 9.55 Å². The molecule has 27 heavy (non-hydrogen) atoms. The summed E-state index contributed by atoms with van der Waals surface area (Å²) in [6.07, 6.45) is 1.75. The number of benzene rings is 1. The zero-order valence-electron chi connectivity index (χ0n) is 15.2. The second-order valence-corrected chi connectivity index (χ2v) is 7.11. The topological polar surface area (TPSA) is 82.5 Å². The summed E-state index contributed by atoms with van der Waals surface area (Å²) in [7, 11) is 0. The summed E-state index contributed by atoms with van der Waals surface area (Å²) in [6.45, 7) is 5.96. The second-order valence-electron chi connectivity index (χ2n) is 6.17. The first-order valence-electron chi connectivity index (χ1n) is 8.48. The fourth-order valence-electron chi connectivity index (χ4n) is 2.82. The molecule has 0 aliphatic heterocycles. The van der Waals surface area contributed by atoms with E-state index in [-0.39, 0.29) is 0 Å². The van der Waals surface area contributed by atoms with Crippen molar-refractivity contribution in [3.63, 3.8) is 0 Å². The molecule has 0 amide bonds. The summed E-state index contributed by atoms with van der Waals surface area (Å²) >= 11 is 1.50. The van der Waals surface area contributed by atoms with Gasteiger partial charge in [0.15, 0.2) is 16.8 Å². The number of hydrogen-bond donors (Lipinski definition) is 0. The highest BCUT2D eigenvalue weighted by Gasteiger charge is 2.19. The molecule has 0 unspecified atom stereocenters. The summed E-state index contributed by atoms with van der Waals surface area (Å²) in [4.78, 5) is 8.70. The standard InChI is InChI=1S/C19H18N6OS/c1-12-7-8-16(13(2)10-12)25-18(15-6-4-5-9-20-15)22-23-19(25)27-11-17-21-14(3)24-26-17/h4-10H,11H2,1-3H3. The molecule has 0 N–H and O–H groups in total. The van der Waals surface area contributed by atoms with Crippen LogP contribution in [0, 0.1) is 20.8 Å². The maximum absolute atomic E-state index is 5.21. The zero-order chi connectivity index (χ0) is 18.8. The van der Waals surface area contributed by atoms with Gasteiger partial charge < -0.3 is 4.52 Å². The molecule has 4 aromatic rings. The minimum absolute atomic E-state index is 0.520. The van der Waals surface area contributed by atoms with Gasteiger partial charge >= 0.3 is 0 Å². The van der Waals surface area contributed by atoms with Crippen LogP contribution in [-0.4, -0.2) is 29.9 Å². The van der Waals surface area contributed by atoms with Crippen LogP contribution in [-0.2, 0) is 5.75 Å². The van der Waals surface area contributed by atoms with Crippen molar-refractivity contribution in [1.82, 2.24) is 29.9 Å². The summed E-state index contributed by atoms with van der Waals surface area (Å²) in [5.41, 5.74) is 4.14. The van der Waals surface area contributed by atoms with Crippen LogP contribution in [0.5, 0.6) is 0 Å². The highest BCUT2D eigenvalue weighted by molar-refractivity contribution is 7.98. The second kappa shape index (κ2) is 7.32. The Morgan fingerprint density at radius 2 is 1.96 bits per heavy atom. The zero-order valence-corrected chi connectivity index (χ0v) is 16.1. The lowest BCUT2D eigenvalue weighted by atomic mass is 10.1. The molecule has 0 aliphatic carbocycles. The first kappa shape index (κ1) is 17.4. The van der Waals surface area contributed by atoms with Crippen molar-refractivity contribution < 1.29 is 4.52 Å². The molecule has 0 radical (unpaired) electrons. The van der Waals surface area contributed by atoms with E-state index in [1.165, 1.54) is 17.3 Å². The van der Waals surface area contributed by atoms with Crippen LogP contribution >= 0.6 is 11.8 Å². The van der Waals surface area contributed by atoms with Crippen LogP contribution in [0.4, 0.5) is 0 Å². The van der Waals surface area contributed by atoms with E-state index in [1.54, 1.807) is 13.1 Å². The number of nitrogens with zero attached hydrogens (tertiary/aromatic N) is 6. The number of aromatic nitrogens is 6. The van der Waals surface area contributed by atoms with Gasteiger partial charge in [-0.1, -0.05) is 40.7 Å². The van der Waals surface area contributed by atoms with Crippen LogP contribution in [0.25, 0.3) is 17.2 Å². The van der Waals surface area contributed by atoms with Crippen LogP contribution in [0.1, 0.15) is 22.8 Å². The van der Waals surface area contributed by atoms with E-state index in [0.29, 0.717) is 23.3 Å². The number of pyridine rings is 1. The van der Waals surface area contributed by atoms with E-state index < -0.39 is 0 Å². The SMILES string of the molecule is Cc1ccc(-n2c(SCc3nc(C)no3)nnc2-c2ccccn2)c(C)c1. The summed E-state index contributed by atoms with van der Waals surface area (Å²) in [5, 5.41) is 13.4. The Kier molecular flexibility index (Phi) is 4.72. The Bertz CT molecular complexity index is 1070. The lowest BCUT2D eigenvalue weighted by molar-refractivity contribution is 0.387. The lowest BCUT2D eigenvalue weighted by Crippen LogP contribution is -2.03. The highest BCUT2D eigenvalue weighted by atomic mass is 32.2. The number of thioether (sulfide) groups is 1. The van der Waals surface area contributed by atoms with Gasteiger partial charge in [0.25, 0.3) is 0 Å². The van der Waals surface area contributed by atoms with E-state index in [1.807, 2.05) is 22.8 Å². The van der Waals surface area contributed by atoms with Crippen LogP contribution < -0.4 is 0 Å². The summed E-state index contributed by atoms with van der Waals surface area (Å²) < 4.78 is 7.24. The van der Waals surface area contributed by atoms with Crippen LogP contribution in [0.2, 0.25) is 0 Å². The van der Waals surface area contributed by atoms with E-state index >= 15 is 0 Å². The number of hydrogen-bond acceptors (Lipinski definition) is 7. The van der Waals surface area contributed by atoms with Crippen molar-refractivity contribution in [2.45, 2.75) is 31.7 Å². The van der Waals surface area contributed by atoms with Gasteiger partial charge in [-0.15, -0.1) is 10.2 Å². The predicted octanol–water partition coefficient (Wildman–Crippen LogP) is 3.93. The quantitative estimate of drug-likeness (QED) is 0.487. The lowest BCUT2D eigenvalue weighted by Gasteiger charge is -2.13. The Morgan fingerprint density at radius 3 is 2.67 bits per heavy atom. The van der Waals surface area contributed by atoms with Gasteiger partial charge in [-0.25, -0.2) is 0 Å². The van der Waals surface area contributed by atoms with Gasteiger partial charge in [-0.05, 0) is 44.5 Å². The third-order valence-corrected chi connectivity index (χ3v) is 4.93. The molecular weight excluding hydrogens is 360 g/mol. The van der Waals surface area contributed by atoms with Crippen molar-refractivity contribution in [3.8, 4) is 17.2 Å². The van der Waals surface area contributed by atoms with Crippen molar-refractivity contribution in [2.75, 3.05) is 0 Å². The van der Waals surface area contributed by atoms with E-state index in [0.717, 1.165) is 22.1 Å². The molecule has 0 bridgehead atoms. The first-order chi connectivity index (χ1) is 13.1. The minimum atomic E-state index is 0.520. The van der Waals surface area contributed by atoms with Crippen molar-refractivity contribution in [2.24, 2.45) is 0 Å². The van der Waals surface area contributed by atoms with E-state index in [2.05, 4.69) is 57.4 Å². The largest absolute Gasteiger partial charge is 0.338 e. The van der Waals surface area contributed by atoms with E-state index in [9.17, 15) is 0 Å². The smallest absolute Gasteiger partial charge is 0.237 e. The van der Waals surface area contributed by atoms with Gasteiger partial charge in [0, 0.05) is 6.20 Å². The van der Waals surface area contributed by atoms with Gasteiger partial charge in [0.2, 0.25) is 5.89 Å². The van der Waals surface area contributed by atoms with Gasteiger partial charge in [0.1, 0.15) is 5.69 Å². The molecule has 136 valence electrons. The Morgan fingerprint density at radius 1 is 1.07 bits per heavy atom. The Balaban J connectivity index is 1.78.